The van der Waals surface area contributed by atoms with Crippen molar-refractivity contribution in [2.45, 2.75) is 5.88 Å². The molecular weight excluding hydrogens is 287 g/mol. The molecule has 4 heteroatoms. The van der Waals surface area contributed by atoms with Crippen molar-refractivity contribution in [2.75, 3.05) is 36.0 Å². The van der Waals surface area contributed by atoms with Crippen LogP contribution in [0.4, 0.5) is 15.8 Å². The third kappa shape index (κ3) is 3.13. The van der Waals surface area contributed by atoms with E-state index in [9.17, 15) is 4.39 Å². The SMILES string of the molecule is Fc1ccc(N2CCN(c3ccccc3)CC2)c(CCl)c1. The zero-order valence-electron chi connectivity index (χ0n) is 11.8. The fourth-order valence-electron chi connectivity index (χ4n) is 2.81. The molecule has 0 spiro atoms. The zero-order chi connectivity index (χ0) is 14.7. The van der Waals surface area contributed by atoms with E-state index in [1.165, 1.54) is 17.8 Å². The number of halogens is 2. The molecule has 3 rings (SSSR count). The van der Waals surface area contributed by atoms with Crippen LogP contribution in [-0.4, -0.2) is 26.2 Å². The van der Waals surface area contributed by atoms with Crippen LogP contribution < -0.4 is 9.80 Å². The van der Waals surface area contributed by atoms with Gasteiger partial charge in [0.2, 0.25) is 0 Å². The first-order valence-corrected chi connectivity index (χ1v) is 7.71. The van der Waals surface area contributed by atoms with Gasteiger partial charge in [0.05, 0.1) is 0 Å². The molecule has 1 aliphatic heterocycles. The third-order valence-corrected chi connectivity index (χ3v) is 4.22. The first-order chi connectivity index (χ1) is 10.3. The average molecular weight is 305 g/mol. The summed E-state index contributed by atoms with van der Waals surface area (Å²) in [5.74, 6) is 0.115. The summed E-state index contributed by atoms with van der Waals surface area (Å²) in [5, 5.41) is 0. The molecular formula is C17H18ClFN2. The van der Waals surface area contributed by atoms with Gasteiger partial charge in [0.25, 0.3) is 0 Å². The lowest BCUT2D eigenvalue weighted by Crippen LogP contribution is -2.46. The minimum atomic E-state index is -0.225. The smallest absolute Gasteiger partial charge is 0.123 e. The Morgan fingerprint density at radius 2 is 1.57 bits per heavy atom. The summed E-state index contributed by atoms with van der Waals surface area (Å²) >= 11 is 5.94. The summed E-state index contributed by atoms with van der Waals surface area (Å²) in [6.07, 6.45) is 0. The molecule has 2 nitrogen and oxygen atoms in total. The Kier molecular flexibility index (Phi) is 4.30. The molecule has 1 fully saturated rings. The quantitative estimate of drug-likeness (QED) is 0.794. The van der Waals surface area contributed by atoms with Crippen molar-refractivity contribution in [1.82, 2.24) is 0 Å². The molecule has 1 heterocycles. The van der Waals surface area contributed by atoms with E-state index < -0.39 is 0 Å². The van der Waals surface area contributed by atoms with Crippen molar-refractivity contribution >= 4 is 23.0 Å². The van der Waals surface area contributed by atoms with Crippen LogP contribution in [0, 0.1) is 5.82 Å². The minimum absolute atomic E-state index is 0.225. The first-order valence-electron chi connectivity index (χ1n) is 7.17. The Morgan fingerprint density at radius 3 is 2.24 bits per heavy atom. The minimum Gasteiger partial charge on any atom is -0.368 e. The van der Waals surface area contributed by atoms with Crippen LogP contribution in [-0.2, 0) is 5.88 Å². The van der Waals surface area contributed by atoms with Crippen molar-refractivity contribution in [1.29, 1.82) is 0 Å². The number of benzene rings is 2. The highest BCUT2D eigenvalue weighted by Crippen LogP contribution is 2.25. The number of para-hydroxylation sites is 1. The van der Waals surface area contributed by atoms with Crippen LogP contribution in [0.15, 0.2) is 48.5 Å². The Hall–Kier alpha value is -1.74. The van der Waals surface area contributed by atoms with E-state index in [2.05, 4.69) is 34.1 Å². The molecule has 0 radical (unpaired) electrons. The largest absolute Gasteiger partial charge is 0.368 e. The van der Waals surface area contributed by atoms with Crippen LogP contribution in [0.1, 0.15) is 5.56 Å². The topological polar surface area (TPSA) is 6.48 Å². The predicted octanol–water partition coefficient (Wildman–Crippen LogP) is 3.89. The van der Waals surface area contributed by atoms with Crippen LogP contribution in [0.3, 0.4) is 0 Å². The van der Waals surface area contributed by atoms with E-state index >= 15 is 0 Å². The summed E-state index contributed by atoms with van der Waals surface area (Å²) in [4.78, 5) is 4.66. The van der Waals surface area contributed by atoms with E-state index in [4.69, 9.17) is 11.6 Å². The maximum absolute atomic E-state index is 13.3. The van der Waals surface area contributed by atoms with Gasteiger partial charge in [-0.3, -0.25) is 0 Å². The van der Waals surface area contributed by atoms with Gasteiger partial charge >= 0.3 is 0 Å². The Labute approximate surface area is 129 Å². The standard InChI is InChI=1S/C17H18ClFN2/c18-13-14-12-15(19)6-7-17(14)21-10-8-20(9-11-21)16-4-2-1-3-5-16/h1-7,12H,8-11,13H2. The number of hydrogen-bond donors (Lipinski definition) is 0. The molecule has 0 saturated carbocycles. The Morgan fingerprint density at radius 1 is 0.905 bits per heavy atom. The van der Waals surface area contributed by atoms with Gasteiger partial charge in [-0.05, 0) is 35.9 Å². The fraction of sp³-hybridized carbons (Fsp3) is 0.294. The highest BCUT2D eigenvalue weighted by atomic mass is 35.5. The number of piperazine rings is 1. The lowest BCUT2D eigenvalue weighted by atomic mass is 10.1. The normalized spacial score (nSPS) is 15.3. The summed E-state index contributed by atoms with van der Waals surface area (Å²) in [6, 6.07) is 15.3. The molecule has 2 aromatic rings. The molecule has 0 atom stereocenters. The summed E-state index contributed by atoms with van der Waals surface area (Å²) < 4.78 is 13.3. The second-order valence-corrected chi connectivity index (χ2v) is 5.48. The monoisotopic (exact) mass is 304 g/mol. The highest BCUT2D eigenvalue weighted by Gasteiger charge is 2.19. The molecule has 0 aromatic heterocycles. The molecule has 0 N–H and O–H groups in total. The summed E-state index contributed by atoms with van der Waals surface area (Å²) in [5.41, 5.74) is 3.18. The van der Waals surface area contributed by atoms with Crippen LogP contribution in [0.25, 0.3) is 0 Å². The fourth-order valence-corrected chi connectivity index (χ4v) is 3.03. The van der Waals surface area contributed by atoms with Gasteiger partial charge in [-0.1, -0.05) is 18.2 Å². The van der Waals surface area contributed by atoms with E-state index in [1.54, 1.807) is 0 Å². The zero-order valence-corrected chi connectivity index (χ0v) is 12.6. The number of nitrogens with zero attached hydrogens (tertiary/aromatic N) is 2. The Bertz CT molecular complexity index is 595. The van der Waals surface area contributed by atoms with Gasteiger partial charge in [0, 0.05) is 43.4 Å². The van der Waals surface area contributed by atoms with E-state index in [1.807, 2.05) is 12.1 Å². The van der Waals surface area contributed by atoms with E-state index in [0.29, 0.717) is 5.88 Å². The lowest BCUT2D eigenvalue weighted by molar-refractivity contribution is 0.622. The van der Waals surface area contributed by atoms with Crippen LogP contribution >= 0.6 is 11.6 Å². The molecule has 0 aliphatic carbocycles. The molecule has 2 aromatic carbocycles. The van der Waals surface area contributed by atoms with Crippen molar-refractivity contribution in [3.05, 3.63) is 59.9 Å². The third-order valence-electron chi connectivity index (χ3n) is 3.93. The predicted molar refractivity (Wildman–Crippen MR) is 86.8 cm³/mol. The first kappa shape index (κ1) is 14.2. The number of hydrogen-bond acceptors (Lipinski definition) is 2. The van der Waals surface area contributed by atoms with Gasteiger partial charge in [0.15, 0.2) is 0 Å². The lowest BCUT2D eigenvalue weighted by Gasteiger charge is -2.38. The second-order valence-electron chi connectivity index (χ2n) is 5.22. The van der Waals surface area contributed by atoms with Crippen molar-refractivity contribution in [2.24, 2.45) is 0 Å². The average Bonchev–Trinajstić information content (AvgIpc) is 2.56. The molecule has 1 saturated heterocycles. The van der Waals surface area contributed by atoms with E-state index in [-0.39, 0.29) is 5.82 Å². The Balaban J connectivity index is 1.71. The molecule has 0 unspecified atom stereocenters. The second kappa shape index (κ2) is 6.35. The van der Waals surface area contributed by atoms with Gasteiger partial charge in [-0.2, -0.15) is 0 Å². The van der Waals surface area contributed by atoms with Crippen molar-refractivity contribution in [3.8, 4) is 0 Å². The number of alkyl halides is 1. The van der Waals surface area contributed by atoms with Crippen molar-refractivity contribution < 1.29 is 4.39 Å². The van der Waals surface area contributed by atoms with Gasteiger partial charge in [-0.25, -0.2) is 4.39 Å². The molecule has 110 valence electrons. The van der Waals surface area contributed by atoms with Gasteiger partial charge in [0.1, 0.15) is 5.82 Å². The number of rotatable bonds is 3. The van der Waals surface area contributed by atoms with Crippen molar-refractivity contribution in [3.63, 3.8) is 0 Å². The van der Waals surface area contributed by atoms with E-state index in [0.717, 1.165) is 37.4 Å². The summed E-state index contributed by atoms with van der Waals surface area (Å²) in [7, 11) is 0. The summed E-state index contributed by atoms with van der Waals surface area (Å²) in [6.45, 7) is 3.76. The highest BCUT2D eigenvalue weighted by molar-refractivity contribution is 6.17. The number of anilines is 2. The molecule has 0 bridgehead atoms. The molecule has 0 amide bonds. The maximum Gasteiger partial charge on any atom is 0.123 e. The van der Waals surface area contributed by atoms with Crippen LogP contribution in [0.2, 0.25) is 0 Å². The molecule has 21 heavy (non-hydrogen) atoms. The van der Waals surface area contributed by atoms with Gasteiger partial charge < -0.3 is 9.80 Å². The van der Waals surface area contributed by atoms with Crippen LogP contribution in [0.5, 0.6) is 0 Å². The maximum atomic E-state index is 13.3. The molecule has 1 aliphatic rings. The van der Waals surface area contributed by atoms with Gasteiger partial charge in [-0.15, -0.1) is 11.6 Å².